The summed E-state index contributed by atoms with van der Waals surface area (Å²) in [6, 6.07) is 4.95. The first-order valence-electron chi connectivity index (χ1n) is 7.23. The van der Waals surface area contributed by atoms with Gasteiger partial charge in [-0.05, 0) is 55.1 Å². The lowest BCUT2D eigenvalue weighted by atomic mass is 9.68. The van der Waals surface area contributed by atoms with Crippen molar-refractivity contribution in [2.45, 2.75) is 59.0 Å². The van der Waals surface area contributed by atoms with E-state index in [2.05, 4.69) is 39.1 Å². The average molecular weight is 247 g/mol. The fourth-order valence-corrected chi connectivity index (χ4v) is 4.59. The van der Waals surface area contributed by atoms with Crippen LogP contribution >= 0.6 is 0 Å². The normalized spacial score (nSPS) is 39.1. The van der Waals surface area contributed by atoms with Crippen LogP contribution < -0.4 is 5.32 Å². The van der Waals surface area contributed by atoms with Gasteiger partial charge >= 0.3 is 0 Å². The van der Waals surface area contributed by atoms with Crippen molar-refractivity contribution in [3.05, 3.63) is 24.2 Å². The highest BCUT2D eigenvalue weighted by Gasteiger charge is 2.59. The Kier molecular flexibility index (Phi) is 2.64. The van der Waals surface area contributed by atoms with Crippen molar-refractivity contribution in [1.29, 1.82) is 0 Å². The van der Waals surface area contributed by atoms with E-state index < -0.39 is 0 Å². The fourth-order valence-electron chi connectivity index (χ4n) is 4.59. The zero-order chi connectivity index (χ0) is 13.0. The molecule has 3 unspecified atom stereocenters. The van der Waals surface area contributed by atoms with Crippen LogP contribution in [0.4, 0.5) is 0 Å². The molecular weight excluding hydrogens is 222 g/mol. The van der Waals surface area contributed by atoms with E-state index in [9.17, 15) is 0 Å². The number of hydrogen-bond acceptors (Lipinski definition) is 2. The lowest BCUT2D eigenvalue weighted by Gasteiger charge is -2.44. The number of fused-ring (bicyclic) bond motifs is 2. The molecule has 0 radical (unpaired) electrons. The van der Waals surface area contributed by atoms with E-state index in [1.165, 1.54) is 19.3 Å². The van der Waals surface area contributed by atoms with E-state index in [1.807, 2.05) is 6.07 Å². The van der Waals surface area contributed by atoms with E-state index in [0.29, 0.717) is 22.9 Å². The first kappa shape index (κ1) is 12.3. The molecule has 0 aliphatic heterocycles. The zero-order valence-corrected chi connectivity index (χ0v) is 12.0. The quantitative estimate of drug-likeness (QED) is 0.868. The predicted octanol–water partition coefficient (Wildman–Crippen LogP) is 4.15. The van der Waals surface area contributed by atoms with Crippen LogP contribution in [0, 0.1) is 16.7 Å². The van der Waals surface area contributed by atoms with E-state index in [4.69, 9.17) is 4.42 Å². The Morgan fingerprint density at radius 2 is 2.17 bits per heavy atom. The van der Waals surface area contributed by atoms with Gasteiger partial charge in [-0.1, -0.05) is 20.8 Å². The molecule has 1 aromatic rings. The summed E-state index contributed by atoms with van der Waals surface area (Å²) in [7, 11) is 0. The van der Waals surface area contributed by atoms with Gasteiger partial charge in [0.1, 0.15) is 5.76 Å². The standard InChI is InChI=1S/C16H25NO/c1-11(13-6-5-9-18-13)17-14-15(2,3)12-7-8-16(14,4)10-12/h5-6,9,11-12,14,17H,7-8,10H2,1-4H3/t11-,12?,14?,16?/m0/s1. The average Bonchev–Trinajstić information content (AvgIpc) is 2.96. The molecule has 1 aromatic heterocycles. The van der Waals surface area contributed by atoms with Crippen LogP contribution in [0.15, 0.2) is 22.8 Å². The van der Waals surface area contributed by atoms with E-state index >= 15 is 0 Å². The zero-order valence-electron chi connectivity index (χ0n) is 12.0. The number of rotatable bonds is 3. The molecule has 0 spiro atoms. The lowest BCUT2D eigenvalue weighted by Crippen LogP contribution is -2.50. The van der Waals surface area contributed by atoms with Crippen molar-refractivity contribution in [2.75, 3.05) is 0 Å². The summed E-state index contributed by atoms with van der Waals surface area (Å²) in [5.74, 6) is 1.95. The second kappa shape index (κ2) is 3.86. The topological polar surface area (TPSA) is 25.2 Å². The first-order chi connectivity index (χ1) is 8.43. The summed E-state index contributed by atoms with van der Waals surface area (Å²) in [5, 5.41) is 3.85. The van der Waals surface area contributed by atoms with Gasteiger partial charge in [0.05, 0.1) is 12.3 Å². The second-order valence-electron chi connectivity index (χ2n) is 7.25. The van der Waals surface area contributed by atoms with E-state index in [-0.39, 0.29) is 0 Å². The van der Waals surface area contributed by atoms with Crippen LogP contribution in [0.25, 0.3) is 0 Å². The van der Waals surface area contributed by atoms with Gasteiger partial charge in [-0.15, -0.1) is 0 Å². The van der Waals surface area contributed by atoms with Gasteiger partial charge in [0.15, 0.2) is 0 Å². The van der Waals surface area contributed by atoms with Crippen LogP contribution in [-0.2, 0) is 0 Å². The predicted molar refractivity (Wildman–Crippen MR) is 73.3 cm³/mol. The molecule has 100 valence electrons. The SMILES string of the molecule is C[C@H](NC1C2(C)CCC(C2)C1(C)C)c1ccco1. The molecule has 2 aliphatic carbocycles. The molecule has 2 fully saturated rings. The molecule has 0 aromatic carbocycles. The lowest BCUT2D eigenvalue weighted by molar-refractivity contribution is 0.0975. The largest absolute Gasteiger partial charge is 0.468 e. The second-order valence-corrected chi connectivity index (χ2v) is 7.25. The highest BCUT2D eigenvalue weighted by Crippen LogP contribution is 2.62. The fraction of sp³-hybridized carbons (Fsp3) is 0.750. The molecule has 1 heterocycles. The molecule has 3 rings (SSSR count). The molecule has 2 saturated carbocycles. The minimum atomic E-state index is 0.306. The maximum absolute atomic E-state index is 5.52. The van der Waals surface area contributed by atoms with Gasteiger partial charge in [-0.3, -0.25) is 0 Å². The van der Waals surface area contributed by atoms with E-state index in [1.54, 1.807) is 6.26 Å². The Balaban J connectivity index is 1.80. The Morgan fingerprint density at radius 1 is 1.39 bits per heavy atom. The first-order valence-corrected chi connectivity index (χ1v) is 7.23. The maximum atomic E-state index is 5.52. The van der Waals surface area contributed by atoms with Crippen molar-refractivity contribution in [1.82, 2.24) is 5.32 Å². The molecular formula is C16H25NO. The molecule has 2 aliphatic rings. The Hall–Kier alpha value is -0.760. The Morgan fingerprint density at radius 3 is 2.72 bits per heavy atom. The van der Waals surface area contributed by atoms with Crippen molar-refractivity contribution < 1.29 is 4.42 Å². The molecule has 4 atom stereocenters. The van der Waals surface area contributed by atoms with Crippen molar-refractivity contribution in [2.24, 2.45) is 16.7 Å². The summed E-state index contributed by atoms with van der Waals surface area (Å²) < 4.78 is 5.52. The number of nitrogens with one attached hydrogen (secondary N) is 1. The van der Waals surface area contributed by atoms with Crippen LogP contribution in [-0.4, -0.2) is 6.04 Å². The Bertz CT molecular complexity index is 418. The summed E-state index contributed by atoms with van der Waals surface area (Å²) in [6.07, 6.45) is 5.95. The van der Waals surface area contributed by atoms with Crippen molar-refractivity contribution in [3.8, 4) is 0 Å². The van der Waals surface area contributed by atoms with Gasteiger partial charge in [0, 0.05) is 6.04 Å². The summed E-state index contributed by atoms with van der Waals surface area (Å²) in [5.41, 5.74) is 0.892. The molecule has 18 heavy (non-hydrogen) atoms. The van der Waals surface area contributed by atoms with Gasteiger partial charge in [-0.25, -0.2) is 0 Å². The molecule has 0 saturated heterocycles. The third kappa shape index (κ3) is 1.65. The molecule has 2 heteroatoms. The van der Waals surface area contributed by atoms with Gasteiger partial charge in [0.2, 0.25) is 0 Å². The van der Waals surface area contributed by atoms with Crippen LogP contribution in [0.1, 0.15) is 58.8 Å². The van der Waals surface area contributed by atoms with Crippen LogP contribution in [0.5, 0.6) is 0 Å². The van der Waals surface area contributed by atoms with Gasteiger partial charge < -0.3 is 9.73 Å². The van der Waals surface area contributed by atoms with Gasteiger partial charge in [0.25, 0.3) is 0 Å². The number of furan rings is 1. The minimum Gasteiger partial charge on any atom is -0.468 e. The Labute approximate surface area is 110 Å². The summed E-state index contributed by atoms with van der Waals surface area (Å²) >= 11 is 0. The molecule has 0 amide bonds. The van der Waals surface area contributed by atoms with Crippen LogP contribution in [0.2, 0.25) is 0 Å². The third-order valence-electron chi connectivity index (χ3n) is 5.66. The molecule has 2 nitrogen and oxygen atoms in total. The van der Waals surface area contributed by atoms with E-state index in [0.717, 1.165) is 11.7 Å². The highest BCUT2D eigenvalue weighted by molar-refractivity contribution is 5.14. The summed E-state index contributed by atoms with van der Waals surface area (Å²) in [6.45, 7) is 9.56. The maximum Gasteiger partial charge on any atom is 0.120 e. The minimum absolute atomic E-state index is 0.306. The van der Waals surface area contributed by atoms with Crippen molar-refractivity contribution in [3.63, 3.8) is 0 Å². The number of hydrogen-bond donors (Lipinski definition) is 1. The molecule has 1 N–H and O–H groups in total. The van der Waals surface area contributed by atoms with Gasteiger partial charge in [-0.2, -0.15) is 0 Å². The molecule has 2 bridgehead atoms. The third-order valence-corrected chi connectivity index (χ3v) is 5.66. The monoisotopic (exact) mass is 247 g/mol. The summed E-state index contributed by atoms with van der Waals surface area (Å²) in [4.78, 5) is 0. The van der Waals surface area contributed by atoms with Crippen LogP contribution in [0.3, 0.4) is 0 Å². The van der Waals surface area contributed by atoms with Crippen molar-refractivity contribution >= 4 is 0 Å². The smallest absolute Gasteiger partial charge is 0.120 e. The highest BCUT2D eigenvalue weighted by atomic mass is 16.3.